The van der Waals surface area contributed by atoms with Gasteiger partial charge in [-0.2, -0.15) is 0 Å². The van der Waals surface area contributed by atoms with E-state index < -0.39 is 0 Å². The zero-order valence-electron chi connectivity index (χ0n) is 13.1. The molecule has 0 saturated carbocycles. The molecular formula is C18H19N3O. The lowest BCUT2D eigenvalue weighted by Crippen LogP contribution is -2.26. The van der Waals surface area contributed by atoms with Crippen molar-refractivity contribution < 1.29 is 0 Å². The smallest absolute Gasteiger partial charge is 0.261 e. The predicted octanol–water partition coefficient (Wildman–Crippen LogP) is 3.41. The van der Waals surface area contributed by atoms with Gasteiger partial charge < -0.3 is 0 Å². The Morgan fingerprint density at radius 3 is 2.73 bits per heavy atom. The van der Waals surface area contributed by atoms with Gasteiger partial charge >= 0.3 is 0 Å². The standard InChI is InChI=1S/C18H19N3O/c1-4-17(15-7-5-6-13(3)20-15)21-11-19-16-10-12(2)8-9-14(16)18(21)22/h5-11,17H,4H2,1-3H3/t17-/m1/s1. The number of aromatic nitrogens is 3. The molecule has 22 heavy (non-hydrogen) atoms. The van der Waals surface area contributed by atoms with Crippen molar-refractivity contribution in [1.29, 1.82) is 0 Å². The van der Waals surface area contributed by atoms with E-state index in [1.807, 2.05) is 50.2 Å². The molecule has 0 aliphatic carbocycles. The van der Waals surface area contributed by atoms with Gasteiger partial charge in [0.05, 0.1) is 29.0 Å². The van der Waals surface area contributed by atoms with Crippen LogP contribution >= 0.6 is 0 Å². The number of rotatable bonds is 3. The van der Waals surface area contributed by atoms with Gasteiger partial charge in [-0.3, -0.25) is 14.3 Å². The van der Waals surface area contributed by atoms with E-state index in [1.165, 1.54) is 0 Å². The van der Waals surface area contributed by atoms with Crippen molar-refractivity contribution in [3.8, 4) is 0 Å². The number of aryl methyl sites for hydroxylation is 2. The van der Waals surface area contributed by atoms with Gasteiger partial charge in [-0.05, 0) is 50.1 Å². The van der Waals surface area contributed by atoms with Crippen molar-refractivity contribution in [2.45, 2.75) is 33.2 Å². The quantitative estimate of drug-likeness (QED) is 0.743. The SMILES string of the molecule is CC[C@H](c1cccc(C)n1)n1cnc2cc(C)ccc2c1=O. The summed E-state index contributed by atoms with van der Waals surface area (Å²) in [6.07, 6.45) is 2.43. The van der Waals surface area contributed by atoms with Gasteiger partial charge in [0.15, 0.2) is 0 Å². The van der Waals surface area contributed by atoms with Crippen LogP contribution in [0.2, 0.25) is 0 Å². The summed E-state index contributed by atoms with van der Waals surface area (Å²) in [6.45, 7) is 6.01. The molecule has 0 unspecified atom stereocenters. The Balaban J connectivity index is 2.17. The molecule has 0 radical (unpaired) electrons. The first-order valence-corrected chi connectivity index (χ1v) is 7.51. The van der Waals surface area contributed by atoms with Crippen LogP contribution in [0.5, 0.6) is 0 Å². The molecule has 0 fully saturated rings. The minimum Gasteiger partial charge on any atom is -0.290 e. The van der Waals surface area contributed by atoms with E-state index >= 15 is 0 Å². The number of hydrogen-bond donors (Lipinski definition) is 0. The van der Waals surface area contributed by atoms with E-state index in [-0.39, 0.29) is 11.6 Å². The lowest BCUT2D eigenvalue weighted by atomic mass is 10.1. The second-order valence-electron chi connectivity index (χ2n) is 5.61. The van der Waals surface area contributed by atoms with Crippen LogP contribution in [0.3, 0.4) is 0 Å². The summed E-state index contributed by atoms with van der Waals surface area (Å²) < 4.78 is 1.69. The largest absolute Gasteiger partial charge is 0.290 e. The third-order valence-electron chi connectivity index (χ3n) is 3.91. The molecule has 3 aromatic rings. The Hall–Kier alpha value is -2.49. The van der Waals surface area contributed by atoms with Crippen LogP contribution in [0.1, 0.15) is 36.3 Å². The molecule has 112 valence electrons. The third-order valence-corrected chi connectivity index (χ3v) is 3.91. The fourth-order valence-electron chi connectivity index (χ4n) is 2.77. The Morgan fingerprint density at radius 2 is 2.00 bits per heavy atom. The average molecular weight is 293 g/mol. The Bertz CT molecular complexity index is 883. The van der Waals surface area contributed by atoms with Crippen LogP contribution in [0.4, 0.5) is 0 Å². The molecule has 2 heterocycles. The van der Waals surface area contributed by atoms with E-state index in [4.69, 9.17) is 0 Å². The summed E-state index contributed by atoms with van der Waals surface area (Å²) in [5, 5.41) is 0.652. The van der Waals surface area contributed by atoms with Crippen molar-refractivity contribution in [3.63, 3.8) is 0 Å². The molecule has 0 aliphatic rings. The highest BCUT2D eigenvalue weighted by molar-refractivity contribution is 5.77. The van der Waals surface area contributed by atoms with Crippen molar-refractivity contribution in [2.24, 2.45) is 0 Å². The Kier molecular flexibility index (Phi) is 3.75. The van der Waals surface area contributed by atoms with Gasteiger partial charge in [0.1, 0.15) is 0 Å². The van der Waals surface area contributed by atoms with Crippen LogP contribution in [0, 0.1) is 13.8 Å². The van der Waals surface area contributed by atoms with Crippen LogP contribution in [0.25, 0.3) is 10.9 Å². The van der Waals surface area contributed by atoms with Crippen LogP contribution in [0.15, 0.2) is 47.5 Å². The Labute approximate surface area is 129 Å². The van der Waals surface area contributed by atoms with Gasteiger partial charge in [0.25, 0.3) is 5.56 Å². The maximum atomic E-state index is 12.8. The van der Waals surface area contributed by atoms with Crippen LogP contribution in [-0.2, 0) is 0 Å². The van der Waals surface area contributed by atoms with Gasteiger partial charge in [-0.15, -0.1) is 0 Å². The summed E-state index contributed by atoms with van der Waals surface area (Å²) in [5.74, 6) is 0. The molecule has 0 spiro atoms. The summed E-state index contributed by atoms with van der Waals surface area (Å²) in [6, 6.07) is 11.5. The fourth-order valence-corrected chi connectivity index (χ4v) is 2.77. The molecule has 3 rings (SSSR count). The lowest BCUT2D eigenvalue weighted by molar-refractivity contribution is 0.530. The maximum Gasteiger partial charge on any atom is 0.261 e. The number of nitrogens with zero attached hydrogens (tertiary/aromatic N) is 3. The van der Waals surface area contributed by atoms with Gasteiger partial charge in [0.2, 0.25) is 0 Å². The van der Waals surface area contributed by atoms with Crippen LogP contribution in [-0.4, -0.2) is 14.5 Å². The number of hydrogen-bond acceptors (Lipinski definition) is 3. The molecule has 0 aliphatic heterocycles. The third kappa shape index (κ3) is 2.52. The van der Waals surface area contributed by atoms with Crippen molar-refractivity contribution in [3.05, 3.63) is 70.0 Å². The molecule has 0 N–H and O–H groups in total. The van der Waals surface area contributed by atoms with E-state index in [0.29, 0.717) is 5.39 Å². The normalized spacial score (nSPS) is 12.5. The summed E-state index contributed by atoms with van der Waals surface area (Å²) in [5.41, 5.74) is 3.68. The summed E-state index contributed by atoms with van der Waals surface area (Å²) in [7, 11) is 0. The van der Waals surface area contributed by atoms with Crippen LogP contribution < -0.4 is 5.56 Å². The van der Waals surface area contributed by atoms with E-state index in [2.05, 4.69) is 16.9 Å². The highest BCUT2D eigenvalue weighted by atomic mass is 16.1. The highest BCUT2D eigenvalue weighted by Gasteiger charge is 2.16. The zero-order chi connectivity index (χ0) is 15.7. The summed E-state index contributed by atoms with van der Waals surface area (Å²) in [4.78, 5) is 21.8. The Morgan fingerprint density at radius 1 is 1.18 bits per heavy atom. The van der Waals surface area contributed by atoms with Gasteiger partial charge in [0, 0.05) is 5.69 Å². The number of pyridine rings is 1. The second-order valence-corrected chi connectivity index (χ2v) is 5.61. The van der Waals surface area contributed by atoms with E-state index in [0.717, 1.165) is 28.9 Å². The molecule has 1 aromatic carbocycles. The lowest BCUT2D eigenvalue weighted by Gasteiger charge is -2.18. The number of benzene rings is 1. The molecule has 0 bridgehead atoms. The monoisotopic (exact) mass is 293 g/mol. The van der Waals surface area contributed by atoms with Crippen molar-refractivity contribution in [1.82, 2.24) is 14.5 Å². The molecule has 4 nitrogen and oxygen atoms in total. The second kappa shape index (κ2) is 5.72. The first-order valence-electron chi connectivity index (χ1n) is 7.51. The molecule has 4 heteroatoms. The minimum atomic E-state index is -0.0920. The predicted molar refractivity (Wildman–Crippen MR) is 88.1 cm³/mol. The van der Waals surface area contributed by atoms with Gasteiger partial charge in [-0.25, -0.2) is 4.98 Å². The number of fused-ring (bicyclic) bond motifs is 1. The van der Waals surface area contributed by atoms with Crippen molar-refractivity contribution >= 4 is 10.9 Å². The molecular weight excluding hydrogens is 274 g/mol. The topological polar surface area (TPSA) is 47.8 Å². The molecule has 0 saturated heterocycles. The van der Waals surface area contributed by atoms with Gasteiger partial charge in [-0.1, -0.05) is 19.1 Å². The zero-order valence-corrected chi connectivity index (χ0v) is 13.1. The summed E-state index contributed by atoms with van der Waals surface area (Å²) >= 11 is 0. The molecule has 2 aromatic heterocycles. The average Bonchev–Trinajstić information content (AvgIpc) is 2.50. The van der Waals surface area contributed by atoms with E-state index in [1.54, 1.807) is 10.9 Å². The first-order chi connectivity index (χ1) is 10.6. The first kappa shape index (κ1) is 14.4. The van der Waals surface area contributed by atoms with E-state index in [9.17, 15) is 4.79 Å². The fraction of sp³-hybridized carbons (Fsp3) is 0.278. The van der Waals surface area contributed by atoms with Crippen molar-refractivity contribution in [2.75, 3.05) is 0 Å². The molecule has 1 atom stereocenters. The minimum absolute atomic E-state index is 0.0137. The highest BCUT2D eigenvalue weighted by Crippen LogP contribution is 2.19. The maximum absolute atomic E-state index is 12.8. The molecule has 0 amide bonds.